The number of nitrogens with one attached hydrogen (secondary N) is 1. The molecule has 0 atom stereocenters. The van der Waals surface area contributed by atoms with Gasteiger partial charge < -0.3 is 10.1 Å². The Morgan fingerprint density at radius 1 is 1.05 bits per heavy atom. The molecule has 2 rings (SSSR count). The van der Waals surface area contributed by atoms with E-state index in [1.165, 1.54) is 41.5 Å². The van der Waals surface area contributed by atoms with E-state index < -0.39 is 0 Å². The van der Waals surface area contributed by atoms with Gasteiger partial charge in [0.1, 0.15) is 5.75 Å². The van der Waals surface area contributed by atoms with Crippen LogP contribution in [0.3, 0.4) is 0 Å². The molecule has 0 saturated carbocycles. The first-order chi connectivity index (χ1) is 10.3. The highest BCUT2D eigenvalue weighted by Gasteiger charge is 2.06. The Labute approximate surface area is 128 Å². The van der Waals surface area contributed by atoms with Crippen molar-refractivity contribution in [2.24, 2.45) is 0 Å². The Hall–Kier alpha value is -1.80. The van der Waals surface area contributed by atoms with E-state index in [9.17, 15) is 0 Å². The molecule has 0 spiro atoms. The highest BCUT2D eigenvalue weighted by Crippen LogP contribution is 2.28. The molecule has 0 unspecified atom stereocenters. The maximum absolute atomic E-state index is 5.33. The van der Waals surface area contributed by atoms with Gasteiger partial charge in [-0.25, -0.2) is 0 Å². The minimum atomic E-state index is 0.837. The number of benzene rings is 2. The fraction of sp³-hybridized carbons (Fsp3) is 0.368. The fourth-order valence-electron chi connectivity index (χ4n) is 2.55. The fourth-order valence-corrected chi connectivity index (χ4v) is 2.55. The number of rotatable bonds is 7. The molecule has 2 heteroatoms. The van der Waals surface area contributed by atoms with Gasteiger partial charge in [0.2, 0.25) is 0 Å². The van der Waals surface area contributed by atoms with Crippen LogP contribution in [0.2, 0.25) is 0 Å². The van der Waals surface area contributed by atoms with Crippen LogP contribution in [0, 0.1) is 0 Å². The van der Waals surface area contributed by atoms with Gasteiger partial charge in [0.15, 0.2) is 0 Å². The van der Waals surface area contributed by atoms with Crippen molar-refractivity contribution in [1.29, 1.82) is 0 Å². The third kappa shape index (κ3) is 4.08. The minimum Gasteiger partial charge on any atom is -0.497 e. The van der Waals surface area contributed by atoms with Gasteiger partial charge in [-0.1, -0.05) is 43.7 Å². The molecule has 0 heterocycles. The van der Waals surface area contributed by atoms with E-state index in [1.54, 1.807) is 7.11 Å². The highest BCUT2D eigenvalue weighted by atomic mass is 16.5. The first kappa shape index (κ1) is 15.6. The van der Waals surface area contributed by atoms with Gasteiger partial charge in [0.05, 0.1) is 7.11 Å². The van der Waals surface area contributed by atoms with E-state index in [-0.39, 0.29) is 0 Å². The Kier molecular flexibility index (Phi) is 5.82. The van der Waals surface area contributed by atoms with Crippen molar-refractivity contribution >= 4 is 0 Å². The zero-order valence-electron chi connectivity index (χ0n) is 13.3. The van der Waals surface area contributed by atoms with Crippen molar-refractivity contribution in [2.45, 2.75) is 32.7 Å². The van der Waals surface area contributed by atoms with Crippen LogP contribution in [0.15, 0.2) is 42.5 Å². The van der Waals surface area contributed by atoms with Crippen molar-refractivity contribution in [3.8, 4) is 16.9 Å². The van der Waals surface area contributed by atoms with Gasteiger partial charge in [-0.2, -0.15) is 0 Å². The molecule has 2 nitrogen and oxygen atoms in total. The average molecular weight is 283 g/mol. The maximum Gasteiger partial charge on any atom is 0.119 e. The molecule has 0 aromatic heterocycles. The second kappa shape index (κ2) is 7.84. The molecule has 2 aromatic rings. The molecule has 0 bridgehead atoms. The molecule has 0 aliphatic heterocycles. The van der Waals surface area contributed by atoms with Crippen LogP contribution >= 0.6 is 0 Å². The third-order valence-electron chi connectivity index (χ3n) is 3.76. The lowest BCUT2D eigenvalue weighted by molar-refractivity contribution is 0.414. The second-order valence-electron chi connectivity index (χ2n) is 5.35. The van der Waals surface area contributed by atoms with Crippen molar-refractivity contribution in [1.82, 2.24) is 5.32 Å². The van der Waals surface area contributed by atoms with Gasteiger partial charge in [0.25, 0.3) is 0 Å². The summed E-state index contributed by atoms with van der Waals surface area (Å²) in [5, 5.41) is 3.23. The molecule has 21 heavy (non-hydrogen) atoms. The van der Waals surface area contributed by atoms with Gasteiger partial charge >= 0.3 is 0 Å². The van der Waals surface area contributed by atoms with Crippen molar-refractivity contribution in [3.63, 3.8) is 0 Å². The molecule has 0 radical (unpaired) electrons. The Bertz CT molecular complexity index is 560. The van der Waals surface area contributed by atoms with Crippen molar-refractivity contribution in [3.05, 3.63) is 53.6 Å². The molecule has 0 saturated heterocycles. The first-order valence-corrected chi connectivity index (χ1v) is 7.69. The van der Waals surface area contributed by atoms with Crippen LogP contribution in [0.25, 0.3) is 11.1 Å². The second-order valence-corrected chi connectivity index (χ2v) is 5.35. The predicted octanol–water partition coefficient (Wildman–Crippen LogP) is 4.42. The number of methoxy groups -OCH3 is 1. The monoisotopic (exact) mass is 283 g/mol. The number of hydrogen-bond donors (Lipinski definition) is 1. The summed E-state index contributed by atoms with van der Waals surface area (Å²) in [6.45, 7) is 3.07. The molecule has 0 amide bonds. The van der Waals surface area contributed by atoms with Crippen LogP contribution in [0.4, 0.5) is 0 Å². The summed E-state index contributed by atoms with van der Waals surface area (Å²) in [6.07, 6.45) is 3.67. The predicted molar refractivity (Wildman–Crippen MR) is 89.8 cm³/mol. The lowest BCUT2D eigenvalue weighted by Crippen LogP contribution is -2.06. The SMILES string of the molecule is CCCCc1ccc(-c2ccc(OC)cc2CNC)cc1. The van der Waals surface area contributed by atoms with Crippen LogP contribution < -0.4 is 10.1 Å². The summed E-state index contributed by atoms with van der Waals surface area (Å²) in [5.41, 5.74) is 5.22. The van der Waals surface area contributed by atoms with E-state index >= 15 is 0 Å². The summed E-state index contributed by atoms with van der Waals surface area (Å²) < 4.78 is 5.33. The summed E-state index contributed by atoms with van der Waals surface area (Å²) in [7, 11) is 3.68. The van der Waals surface area contributed by atoms with Gasteiger partial charge in [-0.15, -0.1) is 0 Å². The quantitative estimate of drug-likeness (QED) is 0.812. The zero-order chi connectivity index (χ0) is 15.1. The Morgan fingerprint density at radius 3 is 2.43 bits per heavy atom. The van der Waals surface area contributed by atoms with Crippen LogP contribution in [-0.4, -0.2) is 14.2 Å². The van der Waals surface area contributed by atoms with E-state index in [4.69, 9.17) is 4.74 Å². The first-order valence-electron chi connectivity index (χ1n) is 7.69. The van der Waals surface area contributed by atoms with Crippen LogP contribution in [0.5, 0.6) is 5.75 Å². The summed E-state index contributed by atoms with van der Waals surface area (Å²) in [6, 6.07) is 15.2. The van der Waals surface area contributed by atoms with Gasteiger partial charge in [-0.3, -0.25) is 0 Å². The lowest BCUT2D eigenvalue weighted by atomic mass is 9.97. The largest absolute Gasteiger partial charge is 0.497 e. The Balaban J connectivity index is 2.27. The lowest BCUT2D eigenvalue weighted by Gasteiger charge is -2.12. The van der Waals surface area contributed by atoms with Crippen molar-refractivity contribution < 1.29 is 4.74 Å². The number of ether oxygens (including phenoxy) is 1. The van der Waals surface area contributed by atoms with Crippen LogP contribution in [0.1, 0.15) is 30.9 Å². The third-order valence-corrected chi connectivity index (χ3v) is 3.76. The van der Waals surface area contributed by atoms with E-state index in [1.807, 2.05) is 13.1 Å². The average Bonchev–Trinajstić information content (AvgIpc) is 2.54. The zero-order valence-corrected chi connectivity index (χ0v) is 13.3. The van der Waals surface area contributed by atoms with Gasteiger partial charge in [-0.05, 0) is 54.3 Å². The summed E-state index contributed by atoms with van der Waals surface area (Å²) in [5.74, 6) is 0.906. The highest BCUT2D eigenvalue weighted by molar-refractivity contribution is 5.68. The minimum absolute atomic E-state index is 0.837. The van der Waals surface area contributed by atoms with Crippen molar-refractivity contribution in [2.75, 3.05) is 14.2 Å². The molecule has 0 aliphatic carbocycles. The van der Waals surface area contributed by atoms with E-state index in [0.29, 0.717) is 0 Å². The summed E-state index contributed by atoms with van der Waals surface area (Å²) in [4.78, 5) is 0. The smallest absolute Gasteiger partial charge is 0.119 e. The molecule has 112 valence electrons. The molecule has 0 aliphatic rings. The molecule has 0 fully saturated rings. The normalized spacial score (nSPS) is 10.6. The van der Waals surface area contributed by atoms with E-state index in [2.05, 4.69) is 48.6 Å². The number of hydrogen-bond acceptors (Lipinski definition) is 2. The molecule has 2 aromatic carbocycles. The summed E-state index contributed by atoms with van der Waals surface area (Å²) >= 11 is 0. The van der Waals surface area contributed by atoms with Gasteiger partial charge in [0, 0.05) is 6.54 Å². The topological polar surface area (TPSA) is 21.3 Å². The van der Waals surface area contributed by atoms with Crippen LogP contribution in [-0.2, 0) is 13.0 Å². The van der Waals surface area contributed by atoms with E-state index in [0.717, 1.165) is 12.3 Å². The standard InChI is InChI=1S/C19H25NO/c1-4-5-6-15-7-9-16(10-8-15)19-12-11-18(21-3)13-17(19)14-20-2/h7-13,20H,4-6,14H2,1-3H3. The number of unbranched alkanes of at least 4 members (excludes halogenated alkanes) is 1. The maximum atomic E-state index is 5.33. The molecule has 1 N–H and O–H groups in total. The molecular weight excluding hydrogens is 258 g/mol. The molecular formula is C19H25NO. The Morgan fingerprint density at radius 2 is 1.81 bits per heavy atom. The number of aryl methyl sites for hydroxylation is 1.